The minimum atomic E-state index is 0.336. The van der Waals surface area contributed by atoms with E-state index >= 15 is 0 Å². The molecule has 0 spiro atoms. The third-order valence-electron chi connectivity index (χ3n) is 3.76. The lowest BCUT2D eigenvalue weighted by Gasteiger charge is -2.08. The highest BCUT2D eigenvalue weighted by Crippen LogP contribution is 2.23. The lowest BCUT2D eigenvalue weighted by molar-refractivity contribution is 0.184. The van der Waals surface area contributed by atoms with Crippen molar-refractivity contribution in [3.8, 4) is 17.4 Å². The molecule has 0 aliphatic rings. The molecule has 0 saturated heterocycles. The summed E-state index contributed by atoms with van der Waals surface area (Å²) in [5.41, 5.74) is 5.79. The van der Waals surface area contributed by atoms with Crippen molar-refractivity contribution in [1.29, 1.82) is 5.26 Å². The first-order valence-electron chi connectivity index (χ1n) is 8.15. The molecule has 0 radical (unpaired) electrons. The van der Waals surface area contributed by atoms with Crippen LogP contribution in [0.15, 0.2) is 52.0 Å². The van der Waals surface area contributed by atoms with Crippen molar-refractivity contribution < 1.29 is 9.15 Å². The largest absolute Gasteiger partial charge is 0.455 e. The molecule has 3 aromatic rings. The van der Waals surface area contributed by atoms with Crippen molar-refractivity contribution in [2.24, 2.45) is 5.10 Å². The molecular weight excluding hydrogens is 455 g/mol. The Balaban J connectivity index is 1.77. The molecule has 0 bridgehead atoms. The molecule has 136 valence electrons. The molecule has 3 rings (SSSR count). The number of nitrogens with zero attached hydrogens (tertiary/aromatic N) is 3. The number of benzene rings is 1. The van der Waals surface area contributed by atoms with E-state index in [0.717, 1.165) is 22.6 Å². The Morgan fingerprint density at radius 2 is 2.07 bits per heavy atom. The molecule has 0 atom stereocenters. The van der Waals surface area contributed by atoms with E-state index in [4.69, 9.17) is 9.15 Å². The van der Waals surface area contributed by atoms with E-state index in [0.29, 0.717) is 23.7 Å². The minimum absolute atomic E-state index is 0.336. The Kier molecular flexibility index (Phi) is 6.21. The van der Waals surface area contributed by atoms with Crippen LogP contribution in [0.25, 0.3) is 11.3 Å². The maximum absolute atomic E-state index is 9.43. The number of halogens is 1. The zero-order valence-electron chi connectivity index (χ0n) is 14.9. The van der Waals surface area contributed by atoms with E-state index in [9.17, 15) is 5.26 Å². The molecular formula is C20H17IN4O2. The predicted octanol–water partition coefficient (Wildman–Crippen LogP) is 4.72. The van der Waals surface area contributed by atoms with Crippen molar-refractivity contribution in [2.45, 2.75) is 13.5 Å². The van der Waals surface area contributed by atoms with E-state index in [1.54, 1.807) is 13.3 Å². The van der Waals surface area contributed by atoms with Gasteiger partial charge < -0.3 is 9.15 Å². The Morgan fingerprint density at radius 1 is 1.30 bits per heavy atom. The van der Waals surface area contributed by atoms with Gasteiger partial charge in [-0.3, -0.25) is 5.43 Å². The average Bonchev–Trinajstić information content (AvgIpc) is 3.11. The molecule has 7 heteroatoms. The number of furan rings is 1. The quantitative estimate of drug-likeness (QED) is 0.319. The third-order valence-corrected chi connectivity index (χ3v) is 4.48. The lowest BCUT2D eigenvalue weighted by Crippen LogP contribution is -2.03. The van der Waals surface area contributed by atoms with Crippen LogP contribution < -0.4 is 5.43 Å². The van der Waals surface area contributed by atoms with Gasteiger partial charge in [-0.05, 0) is 59.8 Å². The second-order valence-corrected chi connectivity index (χ2v) is 7.02. The number of nitriles is 1. The summed E-state index contributed by atoms with van der Waals surface area (Å²) in [6.07, 6.45) is 1.55. The number of aryl methyl sites for hydroxylation is 1. The topological polar surface area (TPSA) is 83.4 Å². The summed E-state index contributed by atoms with van der Waals surface area (Å²) in [6, 6.07) is 15.8. The van der Waals surface area contributed by atoms with Gasteiger partial charge in [0.1, 0.15) is 23.2 Å². The molecule has 0 aliphatic heterocycles. The summed E-state index contributed by atoms with van der Waals surface area (Å²) in [7, 11) is 1.59. The molecule has 0 unspecified atom stereocenters. The van der Waals surface area contributed by atoms with E-state index in [1.807, 2.05) is 49.4 Å². The molecule has 2 heterocycles. The van der Waals surface area contributed by atoms with Crippen LogP contribution in [0.5, 0.6) is 0 Å². The van der Waals surface area contributed by atoms with E-state index in [1.165, 1.54) is 3.57 Å². The number of hydrogen-bond donors (Lipinski definition) is 1. The second-order valence-electron chi connectivity index (χ2n) is 5.77. The number of anilines is 1. The fraction of sp³-hybridized carbons (Fsp3) is 0.150. The summed E-state index contributed by atoms with van der Waals surface area (Å²) in [6.45, 7) is 2.19. The number of hydrogen-bond acceptors (Lipinski definition) is 6. The first-order valence-corrected chi connectivity index (χ1v) is 9.23. The van der Waals surface area contributed by atoms with Gasteiger partial charge in [-0.15, -0.1) is 0 Å². The Morgan fingerprint density at radius 3 is 2.78 bits per heavy atom. The van der Waals surface area contributed by atoms with Crippen molar-refractivity contribution >= 4 is 34.6 Å². The number of methoxy groups -OCH3 is 1. The van der Waals surface area contributed by atoms with Gasteiger partial charge in [0, 0.05) is 27.5 Å². The summed E-state index contributed by atoms with van der Waals surface area (Å²) in [5.74, 6) is 1.76. The van der Waals surface area contributed by atoms with Crippen LogP contribution in [-0.2, 0) is 11.3 Å². The van der Waals surface area contributed by atoms with E-state index in [2.05, 4.69) is 44.2 Å². The summed E-state index contributed by atoms with van der Waals surface area (Å²) in [5, 5.41) is 13.6. The number of aromatic nitrogens is 1. The number of ether oxygens (including phenoxy) is 1. The highest BCUT2D eigenvalue weighted by molar-refractivity contribution is 14.1. The number of rotatable bonds is 6. The average molecular weight is 472 g/mol. The van der Waals surface area contributed by atoms with Gasteiger partial charge in [-0.2, -0.15) is 10.4 Å². The Bertz CT molecular complexity index is 1000. The van der Waals surface area contributed by atoms with Gasteiger partial charge in [0.2, 0.25) is 0 Å². The van der Waals surface area contributed by atoms with Gasteiger partial charge in [-0.1, -0.05) is 12.1 Å². The highest BCUT2D eigenvalue weighted by Gasteiger charge is 2.11. The monoisotopic (exact) mass is 472 g/mol. The van der Waals surface area contributed by atoms with Gasteiger partial charge in [0.05, 0.1) is 12.8 Å². The zero-order chi connectivity index (χ0) is 19.2. The van der Waals surface area contributed by atoms with Crippen molar-refractivity contribution in [3.63, 3.8) is 0 Å². The van der Waals surface area contributed by atoms with Gasteiger partial charge >= 0.3 is 0 Å². The molecule has 1 aromatic carbocycles. The van der Waals surface area contributed by atoms with Crippen LogP contribution in [0.3, 0.4) is 0 Å². The molecule has 0 saturated carbocycles. The van der Waals surface area contributed by atoms with Crippen molar-refractivity contribution in [3.05, 3.63) is 68.6 Å². The summed E-state index contributed by atoms with van der Waals surface area (Å²) in [4.78, 5) is 4.34. The lowest BCUT2D eigenvalue weighted by atomic mass is 10.1. The summed E-state index contributed by atoms with van der Waals surface area (Å²) < 4.78 is 12.1. The fourth-order valence-electron chi connectivity index (χ4n) is 2.56. The van der Waals surface area contributed by atoms with Crippen LogP contribution in [0, 0.1) is 21.8 Å². The number of hydrazone groups is 1. The Labute approximate surface area is 171 Å². The third kappa shape index (κ3) is 4.72. The SMILES string of the molecule is COCc1cc(C)nc(N/N=C\c2ccc(-c3ccc(I)cc3)o2)c1C#N. The molecule has 0 fully saturated rings. The number of nitrogens with one attached hydrogen (secondary N) is 1. The van der Waals surface area contributed by atoms with Crippen LogP contribution in [-0.4, -0.2) is 18.3 Å². The van der Waals surface area contributed by atoms with Crippen LogP contribution in [0.1, 0.15) is 22.6 Å². The predicted molar refractivity (Wildman–Crippen MR) is 112 cm³/mol. The summed E-state index contributed by atoms with van der Waals surface area (Å²) >= 11 is 2.26. The molecule has 6 nitrogen and oxygen atoms in total. The highest BCUT2D eigenvalue weighted by atomic mass is 127. The second kappa shape index (κ2) is 8.79. The first-order chi connectivity index (χ1) is 13.1. The van der Waals surface area contributed by atoms with Crippen LogP contribution in [0.2, 0.25) is 0 Å². The standard InChI is InChI=1S/C20H17IN4O2/c1-13-9-15(12-26-2)18(10-22)20(24-13)25-23-11-17-7-8-19(27-17)14-3-5-16(21)6-4-14/h3-9,11H,12H2,1-2H3,(H,24,25)/b23-11-. The van der Waals surface area contributed by atoms with Crippen molar-refractivity contribution in [1.82, 2.24) is 4.98 Å². The molecule has 1 N–H and O–H groups in total. The first kappa shape index (κ1) is 19.1. The van der Waals surface area contributed by atoms with Crippen molar-refractivity contribution in [2.75, 3.05) is 12.5 Å². The smallest absolute Gasteiger partial charge is 0.164 e. The zero-order valence-corrected chi connectivity index (χ0v) is 17.0. The van der Waals surface area contributed by atoms with Crippen LogP contribution >= 0.6 is 22.6 Å². The van der Waals surface area contributed by atoms with Crippen LogP contribution in [0.4, 0.5) is 5.82 Å². The van der Waals surface area contributed by atoms with E-state index in [-0.39, 0.29) is 0 Å². The fourth-order valence-corrected chi connectivity index (χ4v) is 2.92. The maximum atomic E-state index is 9.43. The molecule has 0 aliphatic carbocycles. The minimum Gasteiger partial charge on any atom is -0.455 e. The molecule has 0 amide bonds. The van der Waals surface area contributed by atoms with Gasteiger partial charge in [0.25, 0.3) is 0 Å². The normalized spacial score (nSPS) is 10.9. The maximum Gasteiger partial charge on any atom is 0.164 e. The number of pyridine rings is 1. The molecule has 2 aromatic heterocycles. The molecule has 27 heavy (non-hydrogen) atoms. The van der Waals surface area contributed by atoms with Gasteiger partial charge in [0.15, 0.2) is 5.82 Å². The van der Waals surface area contributed by atoms with E-state index < -0.39 is 0 Å². The van der Waals surface area contributed by atoms with Gasteiger partial charge in [-0.25, -0.2) is 4.98 Å². The Hall–Kier alpha value is -2.70.